The molecule has 1 aliphatic carbocycles. The van der Waals surface area contributed by atoms with E-state index in [-0.39, 0.29) is 0 Å². The number of allylic oxidation sites excluding steroid dienone is 2. The zero-order valence-corrected chi connectivity index (χ0v) is 9.78. The molecule has 0 atom stereocenters. The Morgan fingerprint density at radius 2 is 2.00 bits per heavy atom. The summed E-state index contributed by atoms with van der Waals surface area (Å²) in [5.74, 6) is 1.09. The van der Waals surface area contributed by atoms with E-state index in [0.29, 0.717) is 0 Å². The zero-order chi connectivity index (χ0) is 11.2. The summed E-state index contributed by atoms with van der Waals surface area (Å²) in [4.78, 5) is 0. The summed E-state index contributed by atoms with van der Waals surface area (Å²) in [5.41, 5.74) is 2.68. The monoisotopic (exact) mass is 214 g/mol. The van der Waals surface area contributed by atoms with E-state index >= 15 is 0 Å². The van der Waals surface area contributed by atoms with Crippen LogP contribution in [0.3, 0.4) is 0 Å². The Kier molecular flexibility index (Phi) is 3.81. The number of hydrogen-bond donors (Lipinski definition) is 0. The molecule has 16 heavy (non-hydrogen) atoms. The van der Waals surface area contributed by atoms with E-state index in [1.165, 1.54) is 24.0 Å². The van der Waals surface area contributed by atoms with E-state index in [2.05, 4.69) is 43.3 Å². The predicted octanol–water partition coefficient (Wildman–Crippen LogP) is 4.17. The van der Waals surface area contributed by atoms with E-state index < -0.39 is 0 Å². The molecule has 0 spiro atoms. The molecule has 1 nitrogen and oxygen atoms in total. The maximum Gasteiger partial charge on any atom is 0.118 e. The van der Waals surface area contributed by atoms with Crippen molar-refractivity contribution in [2.75, 3.05) is 6.61 Å². The molecule has 0 bridgehead atoms. The summed E-state index contributed by atoms with van der Waals surface area (Å²) in [6.07, 6.45) is 7.70. The van der Waals surface area contributed by atoms with Crippen LogP contribution >= 0.6 is 0 Å². The minimum absolute atomic E-state index is 0.817. The molecule has 1 aliphatic rings. The standard InChI is InChI=1S/C15H18O/c1-2-12-16-15(14-9-10-14)11-8-13-6-4-3-5-7-13/h3-8,11H,2,9-10,12H2,1H3/b11-8+. The van der Waals surface area contributed by atoms with Gasteiger partial charge in [-0.1, -0.05) is 43.3 Å². The van der Waals surface area contributed by atoms with E-state index in [4.69, 9.17) is 4.74 Å². The number of hydrogen-bond acceptors (Lipinski definition) is 1. The van der Waals surface area contributed by atoms with Crippen LogP contribution in [-0.2, 0) is 4.74 Å². The van der Waals surface area contributed by atoms with Crippen molar-refractivity contribution in [1.82, 2.24) is 0 Å². The lowest BCUT2D eigenvalue weighted by Gasteiger charge is -2.04. The van der Waals surface area contributed by atoms with Crippen LogP contribution in [0.1, 0.15) is 31.7 Å². The highest BCUT2D eigenvalue weighted by atomic mass is 16.5. The third kappa shape index (κ3) is 3.27. The number of ether oxygens (including phenoxy) is 1. The van der Waals surface area contributed by atoms with Gasteiger partial charge in [-0.25, -0.2) is 0 Å². The highest BCUT2D eigenvalue weighted by molar-refractivity contribution is 5.53. The van der Waals surface area contributed by atoms with Gasteiger partial charge in [0.1, 0.15) is 5.76 Å². The van der Waals surface area contributed by atoms with Crippen LogP contribution in [0.15, 0.2) is 47.7 Å². The van der Waals surface area contributed by atoms with E-state index in [1.807, 2.05) is 6.07 Å². The lowest BCUT2D eigenvalue weighted by Crippen LogP contribution is -1.91. The quantitative estimate of drug-likeness (QED) is 0.668. The van der Waals surface area contributed by atoms with Crippen molar-refractivity contribution in [3.05, 3.63) is 53.3 Å². The summed E-state index contributed by atoms with van der Waals surface area (Å²) < 4.78 is 5.73. The van der Waals surface area contributed by atoms with Crippen molar-refractivity contribution >= 4 is 6.08 Å². The van der Waals surface area contributed by atoms with Crippen molar-refractivity contribution in [3.63, 3.8) is 0 Å². The smallest absolute Gasteiger partial charge is 0.118 e. The molecule has 1 fully saturated rings. The van der Waals surface area contributed by atoms with Gasteiger partial charge in [0, 0.05) is 0 Å². The maximum atomic E-state index is 5.73. The molecule has 0 aromatic heterocycles. The minimum atomic E-state index is 0.817. The van der Waals surface area contributed by atoms with Gasteiger partial charge in [-0.3, -0.25) is 0 Å². The Morgan fingerprint density at radius 1 is 1.25 bits per heavy atom. The first-order chi connectivity index (χ1) is 7.90. The molecule has 0 N–H and O–H groups in total. The van der Waals surface area contributed by atoms with Gasteiger partial charge >= 0.3 is 0 Å². The largest absolute Gasteiger partial charge is 0.494 e. The second-order valence-electron chi connectivity index (χ2n) is 4.06. The van der Waals surface area contributed by atoms with Crippen molar-refractivity contribution in [3.8, 4) is 0 Å². The molecule has 1 saturated carbocycles. The SMILES string of the molecule is CCCOC(/C=C/c1ccccc1)=C1CC1. The summed E-state index contributed by atoms with van der Waals surface area (Å²) in [7, 11) is 0. The van der Waals surface area contributed by atoms with Crippen molar-refractivity contribution < 1.29 is 4.74 Å². The Bertz CT molecular complexity index is 381. The minimum Gasteiger partial charge on any atom is -0.494 e. The third-order valence-corrected chi connectivity index (χ3v) is 2.54. The number of rotatable bonds is 5. The Balaban J connectivity index is 2.01. The molecule has 1 heteroatoms. The van der Waals surface area contributed by atoms with Crippen LogP contribution in [0.25, 0.3) is 6.08 Å². The summed E-state index contributed by atoms with van der Waals surface area (Å²) in [6, 6.07) is 10.3. The second-order valence-corrected chi connectivity index (χ2v) is 4.06. The third-order valence-electron chi connectivity index (χ3n) is 2.54. The van der Waals surface area contributed by atoms with Gasteiger partial charge in [0.05, 0.1) is 6.61 Å². The van der Waals surface area contributed by atoms with Crippen LogP contribution in [0.5, 0.6) is 0 Å². The maximum absolute atomic E-state index is 5.73. The molecule has 0 heterocycles. The molecule has 0 radical (unpaired) electrons. The first-order valence-electron chi connectivity index (χ1n) is 5.98. The molecule has 1 aromatic rings. The summed E-state index contributed by atoms with van der Waals surface area (Å²) in [6.45, 7) is 2.95. The first-order valence-corrected chi connectivity index (χ1v) is 5.98. The van der Waals surface area contributed by atoms with Gasteiger partial charge in [0.25, 0.3) is 0 Å². The Hall–Kier alpha value is -1.50. The lowest BCUT2D eigenvalue weighted by molar-refractivity contribution is 0.224. The fourth-order valence-corrected chi connectivity index (χ4v) is 1.53. The molecule has 1 aromatic carbocycles. The van der Waals surface area contributed by atoms with Crippen LogP contribution in [-0.4, -0.2) is 6.61 Å². The van der Waals surface area contributed by atoms with E-state index in [9.17, 15) is 0 Å². The van der Waals surface area contributed by atoms with Crippen molar-refractivity contribution in [2.45, 2.75) is 26.2 Å². The molecule has 84 valence electrons. The lowest BCUT2D eigenvalue weighted by atomic mass is 10.2. The van der Waals surface area contributed by atoms with Crippen LogP contribution in [0.4, 0.5) is 0 Å². The molecule has 0 saturated heterocycles. The molecule has 0 unspecified atom stereocenters. The van der Waals surface area contributed by atoms with Crippen LogP contribution in [0.2, 0.25) is 0 Å². The predicted molar refractivity (Wildman–Crippen MR) is 68.0 cm³/mol. The van der Waals surface area contributed by atoms with Gasteiger partial charge < -0.3 is 4.74 Å². The Morgan fingerprint density at radius 3 is 2.62 bits per heavy atom. The molecule has 0 amide bonds. The normalized spacial score (nSPS) is 14.2. The van der Waals surface area contributed by atoms with Crippen molar-refractivity contribution in [1.29, 1.82) is 0 Å². The van der Waals surface area contributed by atoms with Crippen molar-refractivity contribution in [2.24, 2.45) is 0 Å². The highest BCUT2D eigenvalue weighted by Crippen LogP contribution is 2.32. The topological polar surface area (TPSA) is 9.23 Å². The second kappa shape index (κ2) is 5.55. The van der Waals surface area contributed by atoms with Gasteiger partial charge in [0.2, 0.25) is 0 Å². The summed E-state index contributed by atoms with van der Waals surface area (Å²) in [5, 5.41) is 0. The zero-order valence-electron chi connectivity index (χ0n) is 9.78. The number of benzene rings is 1. The highest BCUT2D eigenvalue weighted by Gasteiger charge is 2.17. The fourth-order valence-electron chi connectivity index (χ4n) is 1.53. The Labute approximate surface area is 97.4 Å². The molecule has 2 rings (SSSR count). The first kappa shape index (κ1) is 11.0. The van der Waals surface area contributed by atoms with E-state index in [1.54, 1.807) is 0 Å². The van der Waals surface area contributed by atoms with Gasteiger partial charge in [-0.2, -0.15) is 0 Å². The molecule has 0 aliphatic heterocycles. The summed E-state index contributed by atoms with van der Waals surface area (Å²) >= 11 is 0. The van der Waals surface area contributed by atoms with E-state index in [0.717, 1.165) is 18.8 Å². The average Bonchev–Trinajstić information content (AvgIpc) is 3.15. The van der Waals surface area contributed by atoms with Gasteiger partial charge in [-0.05, 0) is 36.5 Å². The molecular weight excluding hydrogens is 196 g/mol. The average molecular weight is 214 g/mol. The van der Waals surface area contributed by atoms with Crippen LogP contribution in [0, 0.1) is 0 Å². The van der Waals surface area contributed by atoms with Gasteiger partial charge in [-0.15, -0.1) is 0 Å². The fraction of sp³-hybridized carbons (Fsp3) is 0.333. The van der Waals surface area contributed by atoms with Gasteiger partial charge in [0.15, 0.2) is 0 Å². The molecular formula is C15H18O. The van der Waals surface area contributed by atoms with Crippen LogP contribution < -0.4 is 0 Å².